The summed E-state index contributed by atoms with van der Waals surface area (Å²) < 4.78 is 0. The number of alkyl halides is 1. The van der Waals surface area contributed by atoms with Crippen molar-refractivity contribution in [3.8, 4) is 0 Å². The van der Waals surface area contributed by atoms with Crippen LogP contribution in [0.15, 0.2) is 0 Å². The molecule has 0 aromatic carbocycles. The predicted octanol–water partition coefficient (Wildman–Crippen LogP) is 2.65. The Morgan fingerprint density at radius 1 is 1.20 bits per heavy atom. The third-order valence-electron chi connectivity index (χ3n) is 3.85. The topological polar surface area (TPSA) is 20.3 Å². The first-order chi connectivity index (χ1) is 7.31. The lowest BCUT2D eigenvalue weighted by atomic mass is 10.0. The molecule has 2 fully saturated rings. The fraction of sp³-hybridized carbons (Fsp3) is 0.917. The largest absolute Gasteiger partial charge is 0.342 e. The van der Waals surface area contributed by atoms with Crippen LogP contribution in [0.3, 0.4) is 0 Å². The molecule has 3 heteroatoms. The molecule has 1 aliphatic carbocycles. The summed E-state index contributed by atoms with van der Waals surface area (Å²) in [5.74, 6) is 2.68. The first-order valence-corrected chi connectivity index (χ1v) is 6.68. The average Bonchev–Trinajstić information content (AvgIpc) is 2.76. The van der Waals surface area contributed by atoms with E-state index in [0.717, 1.165) is 37.8 Å². The zero-order valence-electron chi connectivity index (χ0n) is 9.25. The van der Waals surface area contributed by atoms with Crippen LogP contribution in [0.1, 0.15) is 38.5 Å². The maximum absolute atomic E-state index is 11.8. The van der Waals surface area contributed by atoms with Crippen LogP contribution in [-0.2, 0) is 4.79 Å². The first-order valence-electron chi connectivity index (χ1n) is 6.15. The number of hydrogen-bond donors (Lipinski definition) is 0. The van der Waals surface area contributed by atoms with Crippen molar-refractivity contribution in [2.24, 2.45) is 11.8 Å². The Hall–Kier alpha value is -0.240. The van der Waals surface area contributed by atoms with Crippen LogP contribution in [0.25, 0.3) is 0 Å². The molecule has 0 N–H and O–H groups in total. The minimum atomic E-state index is 0.356. The summed E-state index contributed by atoms with van der Waals surface area (Å²) in [5.41, 5.74) is 0. The molecule has 0 aromatic heterocycles. The lowest BCUT2D eigenvalue weighted by molar-refractivity contribution is -0.130. The molecule has 1 amide bonds. The summed E-state index contributed by atoms with van der Waals surface area (Å²) in [6.07, 6.45) is 6.68. The second kappa shape index (κ2) is 5.20. The fourth-order valence-electron chi connectivity index (χ4n) is 2.97. The molecule has 0 aromatic rings. The normalized spacial score (nSPS) is 29.5. The molecule has 2 unspecified atom stereocenters. The molecule has 1 saturated carbocycles. The van der Waals surface area contributed by atoms with Crippen LogP contribution >= 0.6 is 11.6 Å². The van der Waals surface area contributed by atoms with Gasteiger partial charge in [0.1, 0.15) is 0 Å². The van der Waals surface area contributed by atoms with Crippen molar-refractivity contribution in [2.75, 3.05) is 19.0 Å². The standard InChI is InChI=1S/C12H20ClNO/c13-7-2-1-6-12(15)14-8-10-4-3-5-11(10)9-14/h10-11H,1-9H2. The van der Waals surface area contributed by atoms with Gasteiger partial charge in [0.05, 0.1) is 0 Å². The molecule has 0 spiro atoms. The number of carbonyl (C=O) groups is 1. The van der Waals surface area contributed by atoms with Crippen LogP contribution in [0, 0.1) is 11.8 Å². The molecular weight excluding hydrogens is 210 g/mol. The van der Waals surface area contributed by atoms with Crippen molar-refractivity contribution >= 4 is 17.5 Å². The van der Waals surface area contributed by atoms with E-state index in [2.05, 4.69) is 4.90 Å². The van der Waals surface area contributed by atoms with Crippen molar-refractivity contribution in [3.63, 3.8) is 0 Å². The Bertz CT molecular complexity index is 220. The van der Waals surface area contributed by atoms with Crippen molar-refractivity contribution in [3.05, 3.63) is 0 Å². The predicted molar refractivity (Wildman–Crippen MR) is 62.0 cm³/mol. The third-order valence-corrected chi connectivity index (χ3v) is 4.12. The SMILES string of the molecule is O=C(CCCCCl)N1CC2CCCC2C1. The van der Waals surface area contributed by atoms with Gasteiger partial charge < -0.3 is 4.90 Å². The molecule has 2 nitrogen and oxygen atoms in total. The summed E-state index contributed by atoms with van der Waals surface area (Å²) in [4.78, 5) is 13.9. The minimum absolute atomic E-state index is 0.356. The Kier molecular flexibility index (Phi) is 3.90. The van der Waals surface area contributed by atoms with E-state index in [1.807, 2.05) is 0 Å². The quantitative estimate of drug-likeness (QED) is 0.536. The van der Waals surface area contributed by atoms with E-state index < -0.39 is 0 Å². The second-order valence-electron chi connectivity index (χ2n) is 4.90. The lowest BCUT2D eigenvalue weighted by Crippen LogP contribution is -2.29. The van der Waals surface area contributed by atoms with Crippen molar-refractivity contribution < 1.29 is 4.79 Å². The highest BCUT2D eigenvalue weighted by Crippen LogP contribution is 2.37. The van der Waals surface area contributed by atoms with Gasteiger partial charge in [-0.05, 0) is 37.5 Å². The second-order valence-corrected chi connectivity index (χ2v) is 5.27. The van der Waals surface area contributed by atoms with E-state index in [1.54, 1.807) is 0 Å². The van der Waals surface area contributed by atoms with Crippen LogP contribution in [0.4, 0.5) is 0 Å². The number of nitrogens with zero attached hydrogens (tertiary/aromatic N) is 1. The Balaban J connectivity index is 1.73. The van der Waals surface area contributed by atoms with Crippen LogP contribution in [-0.4, -0.2) is 29.8 Å². The highest BCUT2D eigenvalue weighted by atomic mass is 35.5. The van der Waals surface area contributed by atoms with E-state index in [1.165, 1.54) is 19.3 Å². The van der Waals surface area contributed by atoms with E-state index in [0.29, 0.717) is 18.2 Å². The number of hydrogen-bond acceptors (Lipinski definition) is 1. The van der Waals surface area contributed by atoms with Crippen LogP contribution in [0.5, 0.6) is 0 Å². The van der Waals surface area contributed by atoms with E-state index in [4.69, 9.17) is 11.6 Å². The van der Waals surface area contributed by atoms with Gasteiger partial charge in [0.25, 0.3) is 0 Å². The van der Waals surface area contributed by atoms with Gasteiger partial charge in [0, 0.05) is 25.4 Å². The summed E-state index contributed by atoms with van der Waals surface area (Å²) in [6.45, 7) is 2.06. The van der Waals surface area contributed by atoms with Gasteiger partial charge in [-0.15, -0.1) is 11.6 Å². The molecule has 2 atom stereocenters. The average molecular weight is 230 g/mol. The van der Waals surface area contributed by atoms with E-state index in [9.17, 15) is 4.79 Å². The first kappa shape index (κ1) is 11.3. The summed E-state index contributed by atoms with van der Waals surface area (Å²) in [7, 11) is 0. The van der Waals surface area contributed by atoms with Crippen LogP contribution in [0.2, 0.25) is 0 Å². The van der Waals surface area contributed by atoms with Gasteiger partial charge in [-0.2, -0.15) is 0 Å². The van der Waals surface area contributed by atoms with Gasteiger partial charge in [0.15, 0.2) is 0 Å². The number of likely N-dealkylation sites (tertiary alicyclic amines) is 1. The van der Waals surface area contributed by atoms with Gasteiger partial charge in [-0.25, -0.2) is 0 Å². The van der Waals surface area contributed by atoms with Crippen LogP contribution < -0.4 is 0 Å². The van der Waals surface area contributed by atoms with E-state index in [-0.39, 0.29) is 0 Å². The number of unbranched alkanes of at least 4 members (excludes halogenated alkanes) is 1. The number of halogens is 1. The molecular formula is C12H20ClNO. The summed E-state index contributed by atoms with van der Waals surface area (Å²) in [5, 5.41) is 0. The molecule has 0 radical (unpaired) electrons. The van der Waals surface area contributed by atoms with Gasteiger partial charge >= 0.3 is 0 Å². The molecule has 1 saturated heterocycles. The molecule has 86 valence electrons. The Morgan fingerprint density at radius 3 is 2.47 bits per heavy atom. The zero-order valence-corrected chi connectivity index (χ0v) is 10.0. The number of amides is 1. The van der Waals surface area contributed by atoms with E-state index >= 15 is 0 Å². The third kappa shape index (κ3) is 2.66. The highest BCUT2D eigenvalue weighted by molar-refractivity contribution is 6.17. The van der Waals surface area contributed by atoms with Gasteiger partial charge in [-0.3, -0.25) is 4.79 Å². The summed E-state index contributed by atoms with van der Waals surface area (Å²) in [6, 6.07) is 0. The van der Waals surface area contributed by atoms with Crippen molar-refractivity contribution in [1.82, 2.24) is 4.90 Å². The van der Waals surface area contributed by atoms with Crippen molar-refractivity contribution in [2.45, 2.75) is 38.5 Å². The van der Waals surface area contributed by atoms with Gasteiger partial charge in [0.2, 0.25) is 5.91 Å². The number of carbonyl (C=O) groups excluding carboxylic acids is 1. The minimum Gasteiger partial charge on any atom is -0.342 e. The molecule has 15 heavy (non-hydrogen) atoms. The molecule has 0 bridgehead atoms. The smallest absolute Gasteiger partial charge is 0.222 e. The maximum atomic E-state index is 11.8. The van der Waals surface area contributed by atoms with Gasteiger partial charge in [-0.1, -0.05) is 6.42 Å². The number of fused-ring (bicyclic) bond motifs is 1. The maximum Gasteiger partial charge on any atom is 0.222 e. The van der Waals surface area contributed by atoms with Crippen molar-refractivity contribution in [1.29, 1.82) is 0 Å². The Labute approximate surface area is 97.0 Å². The zero-order chi connectivity index (χ0) is 10.7. The molecule has 2 rings (SSSR count). The Morgan fingerprint density at radius 2 is 1.87 bits per heavy atom. The molecule has 1 heterocycles. The number of rotatable bonds is 4. The highest BCUT2D eigenvalue weighted by Gasteiger charge is 2.37. The molecule has 2 aliphatic rings. The summed E-state index contributed by atoms with van der Waals surface area (Å²) >= 11 is 5.60. The molecule has 1 aliphatic heterocycles. The monoisotopic (exact) mass is 229 g/mol. The lowest BCUT2D eigenvalue weighted by Gasteiger charge is -2.16. The fourth-order valence-corrected chi connectivity index (χ4v) is 3.16.